The zero-order valence-corrected chi connectivity index (χ0v) is 15.2. The molecule has 1 aliphatic heterocycles. The number of rotatable bonds is 3. The molecule has 2 aliphatic rings. The van der Waals surface area contributed by atoms with Gasteiger partial charge in [0.1, 0.15) is 18.1 Å². The molecule has 4 rings (SSSR count). The predicted molar refractivity (Wildman–Crippen MR) is 99.9 cm³/mol. The molecule has 2 amide bonds. The number of nitrogens with one attached hydrogen (secondary N) is 1. The van der Waals surface area contributed by atoms with Gasteiger partial charge < -0.3 is 19.7 Å². The summed E-state index contributed by atoms with van der Waals surface area (Å²) in [7, 11) is 3.53. The number of likely N-dealkylation sites (N-methyl/N-ethyl adjacent to an activating group) is 1. The molecule has 0 radical (unpaired) electrons. The van der Waals surface area contributed by atoms with Crippen molar-refractivity contribution in [2.45, 2.75) is 31.3 Å². The number of benzene rings is 2. The Labute approximate surface area is 153 Å². The first-order chi connectivity index (χ1) is 12.6. The molecular weight excluding hydrogens is 328 g/mol. The topological polar surface area (TPSA) is 50.8 Å². The molecule has 1 heterocycles. The first kappa shape index (κ1) is 16.8. The van der Waals surface area contributed by atoms with E-state index in [0.29, 0.717) is 6.61 Å². The van der Waals surface area contributed by atoms with Crippen molar-refractivity contribution in [3.05, 3.63) is 59.2 Å². The summed E-state index contributed by atoms with van der Waals surface area (Å²) in [4.78, 5) is 14.5. The van der Waals surface area contributed by atoms with E-state index < -0.39 is 0 Å². The van der Waals surface area contributed by atoms with Gasteiger partial charge >= 0.3 is 6.03 Å². The van der Waals surface area contributed by atoms with Crippen molar-refractivity contribution in [3.8, 4) is 11.5 Å². The van der Waals surface area contributed by atoms with Gasteiger partial charge in [0.15, 0.2) is 0 Å². The van der Waals surface area contributed by atoms with E-state index in [1.807, 2.05) is 30.1 Å². The van der Waals surface area contributed by atoms with E-state index in [1.54, 1.807) is 7.11 Å². The molecular formula is C21H24N2O3. The molecule has 1 unspecified atom stereocenters. The molecule has 136 valence electrons. The van der Waals surface area contributed by atoms with Crippen LogP contribution in [0.3, 0.4) is 0 Å². The van der Waals surface area contributed by atoms with Crippen LogP contribution < -0.4 is 14.8 Å². The van der Waals surface area contributed by atoms with Gasteiger partial charge in [-0.1, -0.05) is 30.3 Å². The van der Waals surface area contributed by atoms with Crippen molar-refractivity contribution in [2.75, 3.05) is 20.8 Å². The van der Waals surface area contributed by atoms with Crippen LogP contribution in [-0.4, -0.2) is 43.8 Å². The van der Waals surface area contributed by atoms with E-state index in [1.165, 1.54) is 11.1 Å². The summed E-state index contributed by atoms with van der Waals surface area (Å²) >= 11 is 0. The Morgan fingerprint density at radius 3 is 2.54 bits per heavy atom. The Morgan fingerprint density at radius 1 is 1.12 bits per heavy atom. The molecule has 0 spiro atoms. The summed E-state index contributed by atoms with van der Waals surface area (Å²) < 4.78 is 11.1. The van der Waals surface area contributed by atoms with E-state index in [-0.39, 0.29) is 18.1 Å². The fourth-order valence-electron chi connectivity index (χ4n) is 3.82. The fourth-order valence-corrected chi connectivity index (χ4v) is 3.82. The minimum Gasteiger partial charge on any atom is -0.497 e. The first-order valence-electron chi connectivity index (χ1n) is 9.04. The van der Waals surface area contributed by atoms with E-state index in [9.17, 15) is 4.79 Å². The molecule has 1 N–H and O–H groups in total. The SMILES string of the molecule is COc1ccc2c(c1)OCC(NC(=O)N(C)C1Cc3ccccc3C1)C2. The molecule has 2 aromatic rings. The number of urea groups is 1. The lowest BCUT2D eigenvalue weighted by Crippen LogP contribution is -2.50. The van der Waals surface area contributed by atoms with E-state index in [2.05, 4.69) is 29.6 Å². The number of ether oxygens (including phenoxy) is 2. The third-order valence-corrected chi connectivity index (χ3v) is 5.41. The minimum absolute atomic E-state index is 0.0189. The van der Waals surface area contributed by atoms with Gasteiger partial charge in [-0.2, -0.15) is 0 Å². The van der Waals surface area contributed by atoms with Gasteiger partial charge in [-0.25, -0.2) is 4.79 Å². The normalized spacial score (nSPS) is 18.5. The lowest BCUT2D eigenvalue weighted by atomic mass is 10.0. The molecule has 5 nitrogen and oxygen atoms in total. The first-order valence-corrected chi connectivity index (χ1v) is 9.04. The highest BCUT2D eigenvalue weighted by atomic mass is 16.5. The Hall–Kier alpha value is -2.69. The fraction of sp³-hybridized carbons (Fsp3) is 0.381. The van der Waals surface area contributed by atoms with Gasteiger partial charge in [-0.3, -0.25) is 0 Å². The number of fused-ring (bicyclic) bond motifs is 2. The summed E-state index contributed by atoms with van der Waals surface area (Å²) in [5, 5.41) is 3.12. The molecule has 26 heavy (non-hydrogen) atoms. The van der Waals surface area contributed by atoms with Crippen molar-refractivity contribution in [1.82, 2.24) is 10.2 Å². The van der Waals surface area contributed by atoms with Gasteiger partial charge in [0.05, 0.1) is 13.2 Å². The van der Waals surface area contributed by atoms with Gasteiger partial charge in [-0.05, 0) is 42.0 Å². The van der Waals surface area contributed by atoms with Crippen molar-refractivity contribution in [3.63, 3.8) is 0 Å². The number of hydrogen-bond acceptors (Lipinski definition) is 3. The molecule has 0 fully saturated rings. The molecule has 0 saturated heterocycles. The van der Waals surface area contributed by atoms with Crippen molar-refractivity contribution < 1.29 is 14.3 Å². The Kier molecular flexibility index (Phi) is 4.45. The largest absolute Gasteiger partial charge is 0.497 e. The van der Waals surface area contributed by atoms with Gasteiger partial charge in [0.2, 0.25) is 0 Å². The lowest BCUT2D eigenvalue weighted by molar-refractivity contribution is 0.175. The zero-order valence-electron chi connectivity index (χ0n) is 15.2. The highest BCUT2D eigenvalue weighted by Gasteiger charge is 2.29. The van der Waals surface area contributed by atoms with Gasteiger partial charge in [0, 0.05) is 19.2 Å². The number of carbonyl (C=O) groups is 1. The van der Waals surface area contributed by atoms with Crippen LogP contribution in [0.4, 0.5) is 4.79 Å². The second-order valence-electron chi connectivity index (χ2n) is 7.08. The predicted octanol–water partition coefficient (Wildman–Crippen LogP) is 2.81. The third-order valence-electron chi connectivity index (χ3n) is 5.41. The second-order valence-corrected chi connectivity index (χ2v) is 7.08. The maximum Gasteiger partial charge on any atom is 0.317 e. The number of nitrogens with zero attached hydrogens (tertiary/aromatic N) is 1. The number of hydrogen-bond donors (Lipinski definition) is 1. The monoisotopic (exact) mass is 352 g/mol. The third kappa shape index (κ3) is 3.21. The Bertz CT molecular complexity index is 796. The van der Waals surface area contributed by atoms with Crippen LogP contribution in [0, 0.1) is 0 Å². The molecule has 0 bridgehead atoms. The number of amides is 2. The Morgan fingerprint density at radius 2 is 1.85 bits per heavy atom. The highest BCUT2D eigenvalue weighted by molar-refractivity contribution is 5.75. The smallest absolute Gasteiger partial charge is 0.317 e. The van der Waals surface area contributed by atoms with Crippen LogP contribution in [0.25, 0.3) is 0 Å². The maximum absolute atomic E-state index is 12.7. The van der Waals surface area contributed by atoms with Crippen molar-refractivity contribution in [1.29, 1.82) is 0 Å². The molecule has 0 aromatic heterocycles. The quantitative estimate of drug-likeness (QED) is 0.924. The summed E-state index contributed by atoms with van der Waals surface area (Å²) in [6, 6.07) is 14.4. The Balaban J connectivity index is 1.36. The zero-order chi connectivity index (χ0) is 18.1. The van der Waals surface area contributed by atoms with Crippen molar-refractivity contribution in [2.24, 2.45) is 0 Å². The molecule has 1 atom stereocenters. The summed E-state index contributed by atoms with van der Waals surface area (Å²) in [6.45, 7) is 0.477. The summed E-state index contributed by atoms with van der Waals surface area (Å²) in [5.41, 5.74) is 3.79. The minimum atomic E-state index is -0.0339. The molecule has 0 saturated carbocycles. The van der Waals surface area contributed by atoms with Gasteiger partial charge in [-0.15, -0.1) is 0 Å². The average Bonchev–Trinajstić information content (AvgIpc) is 3.11. The number of carbonyl (C=O) groups excluding carboxylic acids is 1. The summed E-state index contributed by atoms with van der Waals surface area (Å²) in [5.74, 6) is 1.63. The molecule has 5 heteroatoms. The van der Waals surface area contributed by atoms with Crippen LogP contribution >= 0.6 is 0 Å². The van der Waals surface area contributed by atoms with E-state index >= 15 is 0 Å². The van der Waals surface area contributed by atoms with Gasteiger partial charge in [0.25, 0.3) is 0 Å². The van der Waals surface area contributed by atoms with E-state index in [4.69, 9.17) is 9.47 Å². The molecule has 1 aliphatic carbocycles. The van der Waals surface area contributed by atoms with Crippen LogP contribution in [0.5, 0.6) is 11.5 Å². The maximum atomic E-state index is 12.7. The lowest BCUT2D eigenvalue weighted by Gasteiger charge is -2.30. The van der Waals surface area contributed by atoms with Crippen LogP contribution in [0.15, 0.2) is 42.5 Å². The number of methoxy groups -OCH3 is 1. The second kappa shape index (κ2) is 6.90. The standard InChI is InChI=1S/C21H24N2O3/c1-23(18-10-14-5-3-4-6-15(14)11-18)21(24)22-17-9-16-7-8-19(25-2)12-20(16)26-13-17/h3-8,12,17-18H,9-11,13H2,1-2H3,(H,22,24). The van der Waals surface area contributed by atoms with Crippen LogP contribution in [0.1, 0.15) is 16.7 Å². The average molecular weight is 352 g/mol. The highest BCUT2D eigenvalue weighted by Crippen LogP contribution is 2.29. The van der Waals surface area contributed by atoms with E-state index in [0.717, 1.165) is 36.3 Å². The summed E-state index contributed by atoms with van der Waals surface area (Å²) in [6.07, 6.45) is 2.61. The van der Waals surface area contributed by atoms with Crippen LogP contribution in [0.2, 0.25) is 0 Å². The van der Waals surface area contributed by atoms with Crippen LogP contribution in [-0.2, 0) is 19.3 Å². The molecule has 2 aromatic carbocycles. The van der Waals surface area contributed by atoms with Crippen molar-refractivity contribution >= 4 is 6.03 Å².